The van der Waals surface area contributed by atoms with Gasteiger partial charge in [-0.25, -0.2) is 0 Å². The average molecular weight is 534 g/mol. The summed E-state index contributed by atoms with van der Waals surface area (Å²) in [6.45, 7) is 0. The van der Waals surface area contributed by atoms with Crippen molar-refractivity contribution in [2.45, 2.75) is 0 Å². The van der Waals surface area contributed by atoms with Gasteiger partial charge in [0.25, 0.3) is 0 Å². The Hall–Kier alpha value is -4.72. The summed E-state index contributed by atoms with van der Waals surface area (Å²) in [5.41, 5.74) is 3.06. The van der Waals surface area contributed by atoms with Gasteiger partial charge in [0.2, 0.25) is 0 Å². The van der Waals surface area contributed by atoms with Gasteiger partial charge in [0.1, 0.15) is 11.4 Å². The molecule has 0 saturated heterocycles. The predicted octanol–water partition coefficient (Wildman–Crippen LogP) is 5.70. The molecule has 2 N–H and O–H groups in total. The molecule has 0 unspecified atom stereocenters. The average Bonchev–Trinajstić information content (AvgIpc) is 2.96. The van der Waals surface area contributed by atoms with E-state index in [1.165, 1.54) is 0 Å². The molecule has 0 fully saturated rings. The summed E-state index contributed by atoms with van der Waals surface area (Å²) in [5.74, 6) is 0. The zero-order valence-corrected chi connectivity index (χ0v) is 20.5. The van der Waals surface area contributed by atoms with Crippen LogP contribution in [-0.2, 0) is 17.1 Å². The van der Waals surface area contributed by atoms with Crippen molar-refractivity contribution in [3.63, 3.8) is 0 Å². The van der Waals surface area contributed by atoms with Gasteiger partial charge in [-0.3, -0.25) is 0 Å². The molecule has 0 heterocycles. The van der Waals surface area contributed by atoms with E-state index in [4.69, 9.17) is 10.4 Å². The molecule has 0 spiro atoms. The SMILES string of the molecule is [Fe].[O-]/N=C(/C(=N/O)c1ccccc1)c1ccccc1.[O-]/N=C(\C(=N\O)c1ccccc1)c1ccccc1. The van der Waals surface area contributed by atoms with Gasteiger partial charge in [-0.2, -0.15) is 0 Å². The second-order valence-corrected chi connectivity index (χ2v) is 7.24. The minimum Gasteiger partial charge on any atom is -0.791 e. The zero-order chi connectivity index (χ0) is 25.6. The Kier molecular flexibility index (Phi) is 11.8. The third-order valence-corrected chi connectivity index (χ3v) is 5.02. The molecule has 4 aromatic rings. The first-order chi connectivity index (χ1) is 17.7. The predicted molar refractivity (Wildman–Crippen MR) is 142 cm³/mol. The van der Waals surface area contributed by atoms with Crippen molar-refractivity contribution >= 4 is 22.8 Å². The van der Waals surface area contributed by atoms with E-state index in [-0.39, 0.29) is 39.9 Å². The van der Waals surface area contributed by atoms with Gasteiger partial charge in [-0.15, -0.1) is 0 Å². The second kappa shape index (κ2) is 15.3. The number of rotatable bonds is 6. The van der Waals surface area contributed by atoms with Crippen molar-refractivity contribution in [3.05, 3.63) is 154 Å². The van der Waals surface area contributed by atoms with Crippen LogP contribution in [0.3, 0.4) is 0 Å². The Morgan fingerprint density at radius 3 is 0.811 bits per heavy atom. The third-order valence-electron chi connectivity index (χ3n) is 5.02. The number of benzene rings is 4. The molecule has 0 saturated carbocycles. The topological polar surface area (TPSA) is 136 Å². The first-order valence-electron chi connectivity index (χ1n) is 10.8. The van der Waals surface area contributed by atoms with E-state index in [9.17, 15) is 10.4 Å². The fraction of sp³-hybridized carbons (Fsp3) is 0. The summed E-state index contributed by atoms with van der Waals surface area (Å²) in [6, 6.07) is 35.7. The van der Waals surface area contributed by atoms with E-state index in [2.05, 4.69) is 20.6 Å². The van der Waals surface area contributed by atoms with Crippen molar-refractivity contribution in [1.82, 2.24) is 0 Å². The van der Waals surface area contributed by atoms with E-state index in [0.717, 1.165) is 0 Å². The summed E-state index contributed by atoms with van der Waals surface area (Å²) in [7, 11) is 0. The minimum absolute atomic E-state index is 0. The Labute approximate surface area is 224 Å². The van der Waals surface area contributed by atoms with Crippen molar-refractivity contribution in [2.24, 2.45) is 20.6 Å². The molecule has 0 bridgehead atoms. The Bertz CT molecular complexity index is 1130. The molecule has 0 aromatic heterocycles. The van der Waals surface area contributed by atoms with Gasteiger partial charge in [-0.1, -0.05) is 132 Å². The summed E-state index contributed by atoms with van der Waals surface area (Å²) in [4.78, 5) is 0. The van der Waals surface area contributed by atoms with Crippen LogP contribution in [0.2, 0.25) is 0 Å². The number of oxime groups is 2. The van der Waals surface area contributed by atoms with Crippen LogP contribution in [0.4, 0.5) is 0 Å². The summed E-state index contributed by atoms with van der Waals surface area (Å²) in [5, 5.41) is 52.6. The van der Waals surface area contributed by atoms with Gasteiger partial charge in [0.05, 0.1) is 11.4 Å². The largest absolute Gasteiger partial charge is 0.791 e. The van der Waals surface area contributed by atoms with Crippen LogP contribution in [0.15, 0.2) is 142 Å². The fourth-order valence-electron chi connectivity index (χ4n) is 3.33. The molecule has 0 atom stereocenters. The molecular formula is C28H22FeN4O4-2. The number of hydrogen-bond donors (Lipinski definition) is 2. The molecule has 0 aliphatic rings. The van der Waals surface area contributed by atoms with E-state index in [1.54, 1.807) is 97.1 Å². The maximum Gasteiger partial charge on any atom is 0.135 e. The summed E-state index contributed by atoms with van der Waals surface area (Å²) >= 11 is 0. The van der Waals surface area contributed by atoms with Crippen molar-refractivity contribution < 1.29 is 27.5 Å². The van der Waals surface area contributed by atoms with Crippen LogP contribution in [0.5, 0.6) is 0 Å². The molecule has 0 aliphatic heterocycles. The van der Waals surface area contributed by atoms with E-state index >= 15 is 0 Å². The van der Waals surface area contributed by atoms with E-state index < -0.39 is 0 Å². The molecule has 188 valence electrons. The standard InChI is InChI=1S/2C14H12N2O2.Fe/c2*17-15-13(11-7-3-1-4-8-11)14(16-18)12-9-5-2-6-10-12;/h2*1-10,17-18H;/p-2/b15-13+,16-14+;15-13-,16-14+;. The van der Waals surface area contributed by atoms with Gasteiger partial charge in [-0.05, 0) is 0 Å². The van der Waals surface area contributed by atoms with Crippen LogP contribution in [-0.4, -0.2) is 33.3 Å². The summed E-state index contributed by atoms with van der Waals surface area (Å²) < 4.78 is 0. The molecular weight excluding hydrogens is 512 g/mol. The van der Waals surface area contributed by atoms with Gasteiger partial charge < -0.3 is 31.1 Å². The van der Waals surface area contributed by atoms with Crippen molar-refractivity contribution in [1.29, 1.82) is 0 Å². The maximum atomic E-state index is 11.0. The number of hydrogen-bond acceptors (Lipinski definition) is 8. The van der Waals surface area contributed by atoms with E-state index in [1.807, 2.05) is 24.3 Å². The quantitative estimate of drug-likeness (QED) is 0.142. The van der Waals surface area contributed by atoms with Crippen LogP contribution in [0.25, 0.3) is 0 Å². The molecule has 0 aliphatic carbocycles. The van der Waals surface area contributed by atoms with E-state index in [0.29, 0.717) is 22.3 Å². The van der Waals surface area contributed by atoms with Gasteiger partial charge in [0, 0.05) is 39.3 Å². The molecule has 8 nitrogen and oxygen atoms in total. The fourth-order valence-corrected chi connectivity index (χ4v) is 3.33. The first-order valence-corrected chi connectivity index (χ1v) is 10.8. The number of nitrogens with zero attached hydrogens (tertiary/aromatic N) is 4. The van der Waals surface area contributed by atoms with Gasteiger partial charge in [0.15, 0.2) is 0 Å². The maximum absolute atomic E-state index is 11.0. The van der Waals surface area contributed by atoms with Crippen molar-refractivity contribution in [2.75, 3.05) is 0 Å². The molecule has 9 heteroatoms. The van der Waals surface area contributed by atoms with Crippen LogP contribution in [0, 0.1) is 10.4 Å². The molecule has 0 amide bonds. The Morgan fingerprint density at radius 2 is 0.622 bits per heavy atom. The second-order valence-electron chi connectivity index (χ2n) is 7.24. The van der Waals surface area contributed by atoms with Crippen LogP contribution in [0.1, 0.15) is 22.3 Å². The van der Waals surface area contributed by atoms with Crippen LogP contribution >= 0.6 is 0 Å². The van der Waals surface area contributed by atoms with Gasteiger partial charge >= 0.3 is 0 Å². The van der Waals surface area contributed by atoms with Crippen molar-refractivity contribution in [3.8, 4) is 0 Å². The third kappa shape index (κ3) is 7.63. The molecule has 0 radical (unpaired) electrons. The first kappa shape index (κ1) is 28.5. The van der Waals surface area contributed by atoms with Crippen LogP contribution < -0.4 is 0 Å². The Morgan fingerprint density at radius 1 is 0.405 bits per heavy atom. The summed E-state index contributed by atoms with van der Waals surface area (Å²) in [6.07, 6.45) is 0. The minimum atomic E-state index is 0. The Balaban J connectivity index is 0.000000253. The zero-order valence-electron chi connectivity index (χ0n) is 19.4. The smallest absolute Gasteiger partial charge is 0.135 e. The molecule has 4 aromatic carbocycles. The normalized spacial score (nSPS) is 12.1. The monoisotopic (exact) mass is 534 g/mol. The molecule has 4 rings (SSSR count). The molecule has 37 heavy (non-hydrogen) atoms.